The van der Waals surface area contributed by atoms with Crippen molar-refractivity contribution >= 4 is 23.5 Å². The molecule has 0 atom stereocenters. The van der Waals surface area contributed by atoms with Crippen LogP contribution >= 0.6 is 0 Å². The van der Waals surface area contributed by atoms with Gasteiger partial charge in [0.1, 0.15) is 0 Å². The SMILES string of the molecule is COC(=O)c1ccc(C(=O)OC)c(NC(=O)C[n+]2ccc(Cc3ccccc3)cc2)c1. The van der Waals surface area contributed by atoms with Gasteiger partial charge in [-0.25, -0.2) is 9.59 Å². The first kappa shape index (κ1) is 21.7. The maximum Gasteiger partial charge on any atom is 0.339 e. The summed E-state index contributed by atoms with van der Waals surface area (Å²) in [5, 5.41) is 2.68. The average molecular weight is 419 g/mol. The van der Waals surface area contributed by atoms with Crippen molar-refractivity contribution in [3.8, 4) is 0 Å². The molecule has 158 valence electrons. The Morgan fingerprint density at radius 3 is 2.13 bits per heavy atom. The molecule has 0 aliphatic rings. The van der Waals surface area contributed by atoms with Gasteiger partial charge in [-0.15, -0.1) is 0 Å². The van der Waals surface area contributed by atoms with Crippen LogP contribution in [-0.2, 0) is 27.2 Å². The van der Waals surface area contributed by atoms with Gasteiger partial charge in [-0.2, -0.15) is 4.57 Å². The van der Waals surface area contributed by atoms with Crippen molar-refractivity contribution in [2.75, 3.05) is 19.5 Å². The van der Waals surface area contributed by atoms with Crippen molar-refractivity contribution in [2.45, 2.75) is 13.0 Å². The van der Waals surface area contributed by atoms with E-state index in [9.17, 15) is 14.4 Å². The molecule has 1 N–H and O–H groups in total. The predicted molar refractivity (Wildman–Crippen MR) is 114 cm³/mol. The summed E-state index contributed by atoms with van der Waals surface area (Å²) in [5.41, 5.74) is 2.87. The van der Waals surface area contributed by atoms with Gasteiger partial charge in [-0.1, -0.05) is 30.3 Å². The van der Waals surface area contributed by atoms with Crippen LogP contribution in [0.5, 0.6) is 0 Å². The second-order valence-corrected chi connectivity index (χ2v) is 6.83. The van der Waals surface area contributed by atoms with Crippen LogP contribution in [0.15, 0.2) is 73.1 Å². The summed E-state index contributed by atoms with van der Waals surface area (Å²) < 4.78 is 11.2. The highest BCUT2D eigenvalue weighted by Crippen LogP contribution is 2.20. The van der Waals surface area contributed by atoms with Crippen molar-refractivity contribution in [2.24, 2.45) is 0 Å². The van der Waals surface area contributed by atoms with Gasteiger partial charge in [-0.05, 0) is 35.7 Å². The highest BCUT2D eigenvalue weighted by atomic mass is 16.5. The maximum atomic E-state index is 12.6. The number of nitrogens with zero attached hydrogens (tertiary/aromatic N) is 1. The predicted octanol–water partition coefficient (Wildman–Crippen LogP) is 2.78. The second kappa shape index (κ2) is 10.2. The molecule has 1 amide bonds. The highest BCUT2D eigenvalue weighted by molar-refractivity contribution is 6.03. The van der Waals surface area contributed by atoms with Crippen LogP contribution in [0, 0.1) is 0 Å². The van der Waals surface area contributed by atoms with Gasteiger partial charge in [-0.3, -0.25) is 4.79 Å². The Kier molecular flexibility index (Phi) is 7.11. The van der Waals surface area contributed by atoms with E-state index in [0.29, 0.717) is 0 Å². The van der Waals surface area contributed by atoms with E-state index in [1.165, 1.54) is 38.0 Å². The zero-order chi connectivity index (χ0) is 22.2. The van der Waals surface area contributed by atoms with Gasteiger partial charge in [0.05, 0.1) is 31.0 Å². The normalized spacial score (nSPS) is 10.3. The molecule has 0 fully saturated rings. The minimum absolute atomic E-state index is 0.0364. The van der Waals surface area contributed by atoms with Crippen molar-refractivity contribution in [1.29, 1.82) is 0 Å². The van der Waals surface area contributed by atoms with Crippen molar-refractivity contribution in [1.82, 2.24) is 0 Å². The van der Waals surface area contributed by atoms with E-state index < -0.39 is 11.9 Å². The van der Waals surface area contributed by atoms with Crippen LogP contribution in [0.3, 0.4) is 0 Å². The molecule has 7 nitrogen and oxygen atoms in total. The number of ether oxygens (including phenoxy) is 2. The number of nitrogens with one attached hydrogen (secondary N) is 1. The van der Waals surface area contributed by atoms with Gasteiger partial charge in [0.2, 0.25) is 6.54 Å². The van der Waals surface area contributed by atoms with E-state index in [2.05, 4.69) is 17.4 Å². The molecule has 0 saturated heterocycles. The summed E-state index contributed by atoms with van der Waals surface area (Å²) in [6.07, 6.45) is 4.45. The lowest BCUT2D eigenvalue weighted by molar-refractivity contribution is -0.684. The van der Waals surface area contributed by atoms with E-state index in [-0.39, 0.29) is 29.3 Å². The maximum absolute atomic E-state index is 12.6. The van der Waals surface area contributed by atoms with Gasteiger partial charge in [0, 0.05) is 12.1 Å². The molecule has 3 rings (SSSR count). The molecule has 31 heavy (non-hydrogen) atoms. The molecule has 0 aliphatic carbocycles. The zero-order valence-corrected chi connectivity index (χ0v) is 17.3. The minimum atomic E-state index is -0.621. The lowest BCUT2D eigenvalue weighted by atomic mass is 10.1. The molecular weight excluding hydrogens is 396 g/mol. The molecule has 0 spiro atoms. The molecule has 0 bridgehead atoms. The third-order valence-electron chi connectivity index (χ3n) is 4.66. The largest absolute Gasteiger partial charge is 0.465 e. The summed E-state index contributed by atoms with van der Waals surface area (Å²) in [5.74, 6) is -1.55. The number of esters is 2. The summed E-state index contributed by atoms with van der Waals surface area (Å²) in [7, 11) is 2.50. The van der Waals surface area contributed by atoms with E-state index in [1.807, 2.05) is 42.7 Å². The lowest BCUT2D eigenvalue weighted by Crippen LogP contribution is -2.39. The number of amides is 1. The number of hydrogen-bond acceptors (Lipinski definition) is 5. The quantitative estimate of drug-likeness (QED) is 0.470. The summed E-state index contributed by atoms with van der Waals surface area (Å²) in [6.45, 7) is 0.0364. The number of carbonyl (C=O) groups excluding carboxylic acids is 3. The Labute approximate surface area is 180 Å². The third-order valence-corrected chi connectivity index (χ3v) is 4.66. The molecule has 7 heteroatoms. The van der Waals surface area contributed by atoms with Gasteiger partial charge >= 0.3 is 11.9 Å². The van der Waals surface area contributed by atoms with Crippen LogP contribution in [0.4, 0.5) is 5.69 Å². The molecule has 0 aliphatic heterocycles. The molecule has 1 heterocycles. The zero-order valence-electron chi connectivity index (χ0n) is 17.3. The van der Waals surface area contributed by atoms with Gasteiger partial charge in [0.15, 0.2) is 12.4 Å². The fourth-order valence-electron chi connectivity index (χ4n) is 3.08. The Balaban J connectivity index is 1.71. The Bertz CT molecular complexity index is 1080. The average Bonchev–Trinajstić information content (AvgIpc) is 2.80. The standard InChI is InChI=1S/C24H22N2O5/c1-30-23(28)19-8-9-20(24(29)31-2)21(15-19)25-22(27)16-26-12-10-18(11-13-26)14-17-6-4-3-5-7-17/h3-13,15H,14,16H2,1-2H3/p+1. The fraction of sp³-hybridized carbons (Fsp3) is 0.167. The highest BCUT2D eigenvalue weighted by Gasteiger charge is 2.19. The molecule has 0 saturated carbocycles. The number of carbonyl (C=O) groups is 3. The Morgan fingerprint density at radius 1 is 0.839 bits per heavy atom. The van der Waals surface area contributed by atoms with E-state index in [4.69, 9.17) is 9.47 Å². The van der Waals surface area contributed by atoms with Crippen LogP contribution in [0.25, 0.3) is 0 Å². The molecular formula is C24H23N2O5+. The summed E-state index contributed by atoms with van der Waals surface area (Å²) >= 11 is 0. The molecule has 3 aromatic rings. The van der Waals surface area contributed by atoms with E-state index in [0.717, 1.165) is 12.0 Å². The van der Waals surface area contributed by atoms with Gasteiger partial charge < -0.3 is 14.8 Å². The molecule has 0 radical (unpaired) electrons. The van der Waals surface area contributed by atoms with Crippen molar-refractivity contribution < 1.29 is 28.4 Å². The fourth-order valence-corrected chi connectivity index (χ4v) is 3.08. The third kappa shape index (κ3) is 5.76. The first-order valence-electron chi connectivity index (χ1n) is 9.62. The van der Waals surface area contributed by atoms with E-state index in [1.54, 1.807) is 4.57 Å². The number of aromatic nitrogens is 1. The Morgan fingerprint density at radius 2 is 1.48 bits per heavy atom. The monoisotopic (exact) mass is 419 g/mol. The number of pyridine rings is 1. The van der Waals surface area contributed by atoms with Crippen LogP contribution < -0.4 is 9.88 Å². The summed E-state index contributed by atoms with van der Waals surface area (Å²) in [6, 6.07) is 18.3. The first-order valence-corrected chi connectivity index (χ1v) is 9.62. The number of rotatable bonds is 7. The number of benzene rings is 2. The van der Waals surface area contributed by atoms with Crippen molar-refractivity contribution in [3.63, 3.8) is 0 Å². The van der Waals surface area contributed by atoms with Crippen molar-refractivity contribution in [3.05, 3.63) is 95.3 Å². The second-order valence-electron chi connectivity index (χ2n) is 6.83. The molecule has 1 aromatic heterocycles. The van der Waals surface area contributed by atoms with Crippen LogP contribution in [0.2, 0.25) is 0 Å². The number of hydrogen-bond donors (Lipinski definition) is 1. The van der Waals surface area contributed by atoms with Crippen LogP contribution in [-0.4, -0.2) is 32.1 Å². The van der Waals surface area contributed by atoms with Gasteiger partial charge in [0.25, 0.3) is 5.91 Å². The first-order chi connectivity index (χ1) is 15.0. The summed E-state index contributed by atoms with van der Waals surface area (Å²) in [4.78, 5) is 36.4. The van der Waals surface area contributed by atoms with Crippen LogP contribution in [0.1, 0.15) is 31.8 Å². The Hall–Kier alpha value is -4.00. The topological polar surface area (TPSA) is 85.6 Å². The molecule has 2 aromatic carbocycles. The molecule has 0 unspecified atom stereocenters. The smallest absolute Gasteiger partial charge is 0.339 e. The number of methoxy groups -OCH3 is 2. The number of anilines is 1. The van der Waals surface area contributed by atoms with E-state index >= 15 is 0 Å². The lowest BCUT2D eigenvalue weighted by Gasteiger charge is -2.10. The minimum Gasteiger partial charge on any atom is -0.465 e.